The number of nitrogens with two attached hydrogens (primary N) is 2. The molecule has 4 aromatic rings. The number of Topliss-reactive ketones (excluding diaryl/α,β-unsaturated/α-hetero) is 1. The molecule has 9 amide bonds. The summed E-state index contributed by atoms with van der Waals surface area (Å²) in [5, 5.41) is 19.8. The van der Waals surface area contributed by atoms with E-state index in [1.807, 2.05) is 24.3 Å². The van der Waals surface area contributed by atoms with Gasteiger partial charge in [0.15, 0.2) is 11.7 Å². The quantitative estimate of drug-likeness (QED) is 0.0373. The highest BCUT2D eigenvalue weighted by Crippen LogP contribution is 2.20. The third kappa shape index (κ3) is 14.0. The first-order chi connectivity index (χ1) is 33.6. The molecule has 23 nitrogen and oxygen atoms in total. The van der Waals surface area contributed by atoms with Gasteiger partial charge in [-0.3, -0.25) is 48.2 Å². The van der Waals surface area contributed by atoms with Crippen molar-refractivity contribution in [2.75, 3.05) is 13.1 Å². The average molecular weight is 965 g/mol. The van der Waals surface area contributed by atoms with E-state index < -0.39 is 89.7 Å². The molecule has 2 aromatic carbocycles. The Balaban J connectivity index is 1.35. The smallest absolute Gasteiger partial charge is 0.325 e. The molecule has 23 heteroatoms. The number of aromatic amines is 2. The molecule has 70 heavy (non-hydrogen) atoms. The molecule has 2 aliphatic heterocycles. The average Bonchev–Trinajstić information content (AvgIpc) is 4.07. The normalized spacial score (nSPS) is 23.8. The maximum absolute atomic E-state index is 14.6. The van der Waals surface area contributed by atoms with E-state index >= 15 is 0 Å². The molecule has 0 aliphatic carbocycles. The number of carbonyl (C=O) groups excluding carboxylic acids is 9. The number of imidazole rings is 1. The van der Waals surface area contributed by atoms with Gasteiger partial charge in [-0.15, -0.1) is 0 Å². The molecule has 6 rings (SSSR count). The van der Waals surface area contributed by atoms with E-state index in [0.29, 0.717) is 16.8 Å². The summed E-state index contributed by atoms with van der Waals surface area (Å²) in [6.07, 6.45) is 4.48. The number of ketones is 1. The molecule has 0 radical (unpaired) electrons. The Bertz CT molecular complexity index is 2560. The van der Waals surface area contributed by atoms with E-state index in [9.17, 15) is 43.2 Å². The molecule has 0 spiro atoms. The lowest BCUT2D eigenvalue weighted by Crippen LogP contribution is -2.60. The molecule has 2 fully saturated rings. The van der Waals surface area contributed by atoms with E-state index in [0.717, 1.165) is 15.8 Å². The van der Waals surface area contributed by atoms with Crippen LogP contribution in [0.2, 0.25) is 0 Å². The minimum atomic E-state index is -1.42. The number of aromatic nitrogens is 3. The topological polar surface area (TPSA) is 350 Å². The van der Waals surface area contributed by atoms with Crippen LogP contribution in [0.5, 0.6) is 0 Å². The Kier molecular flexibility index (Phi) is 17.8. The molecule has 2 saturated heterocycles. The standard InChI is InChI=1S/C47H60N14O9/c1-26-40(64)57-38(22-30-24-50-25-54-30)44(68)58-36(20-28-10-4-3-5-11-28)42(66)56-34(15-9-19-52-46(48)49)41(65)59-37(21-29-23-53-33-13-7-6-12-31(29)33)43(67)55-32(27(2)62)14-8-18-51-39(63)17-16-35-45(69)61(26)47(70)60-35/h3-7,10-13,23-26,32,34-38,53H,8-9,14-22H2,1-2H3,(H,50,54)(H,51,63)(H,55,67)(H,56,66)(H,57,64)(H,58,68)(H,59,65)(H,60,70)(H4,48,49,52)/t26-,32+,34+,35+,36-,37+,38+/m1/s1. The van der Waals surface area contributed by atoms with Crippen LogP contribution in [0.15, 0.2) is 78.3 Å². The monoisotopic (exact) mass is 964 g/mol. The van der Waals surface area contributed by atoms with Crippen LogP contribution < -0.4 is 48.7 Å². The van der Waals surface area contributed by atoms with Crippen molar-refractivity contribution in [2.45, 2.75) is 114 Å². The SMILES string of the molecule is CC(=O)[C@@H]1CCCNC(=O)CC[C@@H]2NC(=O)N(C2=O)[C@H](C)C(=O)N[C@@H](Cc2cnc[nH]2)C(=O)N[C@H](Cc2ccccc2)C(=O)N[C@@H](CCCN=C(N)N)C(=O)N[C@@H](Cc2c[nH]c3ccccc23)C(=O)N1. The van der Waals surface area contributed by atoms with Gasteiger partial charge in [0.25, 0.3) is 5.91 Å². The molecule has 0 unspecified atom stereocenters. The lowest BCUT2D eigenvalue weighted by atomic mass is 10.0. The summed E-state index contributed by atoms with van der Waals surface area (Å²) in [6, 6.07) is 6.27. The minimum Gasteiger partial charge on any atom is -0.370 e. The zero-order chi connectivity index (χ0) is 50.3. The van der Waals surface area contributed by atoms with Crippen molar-refractivity contribution in [1.29, 1.82) is 0 Å². The lowest BCUT2D eigenvalue weighted by Gasteiger charge is -2.28. The fourth-order valence-corrected chi connectivity index (χ4v) is 8.27. The predicted octanol–water partition coefficient (Wildman–Crippen LogP) is -1.02. The molecule has 0 saturated carbocycles. The highest BCUT2D eigenvalue weighted by atomic mass is 16.2. The fourth-order valence-electron chi connectivity index (χ4n) is 8.27. The van der Waals surface area contributed by atoms with Gasteiger partial charge in [0.1, 0.15) is 36.3 Å². The Labute approximate surface area is 402 Å². The Morgan fingerprint density at radius 1 is 0.743 bits per heavy atom. The highest BCUT2D eigenvalue weighted by Gasteiger charge is 2.44. The number of aliphatic imine (C=N–C) groups is 1. The largest absolute Gasteiger partial charge is 0.370 e. The zero-order valence-electron chi connectivity index (χ0n) is 38.9. The summed E-state index contributed by atoms with van der Waals surface area (Å²) >= 11 is 0. The van der Waals surface area contributed by atoms with Crippen LogP contribution >= 0.6 is 0 Å². The molecule has 13 N–H and O–H groups in total. The Morgan fingerprint density at radius 3 is 2.09 bits per heavy atom. The second-order valence-corrected chi connectivity index (χ2v) is 17.3. The van der Waals surface area contributed by atoms with Gasteiger partial charge in [-0.25, -0.2) is 9.78 Å². The number of rotatable bonds is 11. The van der Waals surface area contributed by atoms with Crippen LogP contribution in [0, 0.1) is 0 Å². The van der Waals surface area contributed by atoms with Gasteiger partial charge in [-0.05, 0) is 63.1 Å². The van der Waals surface area contributed by atoms with E-state index in [2.05, 4.69) is 57.2 Å². The summed E-state index contributed by atoms with van der Waals surface area (Å²) in [5.74, 6) is -5.75. The van der Waals surface area contributed by atoms with Crippen molar-refractivity contribution in [2.24, 2.45) is 16.5 Å². The van der Waals surface area contributed by atoms with Crippen molar-refractivity contribution in [3.05, 3.63) is 90.1 Å². The van der Waals surface area contributed by atoms with Gasteiger partial charge in [-0.2, -0.15) is 0 Å². The third-order valence-electron chi connectivity index (χ3n) is 12.1. The molecular weight excluding hydrogens is 905 g/mol. The molecule has 2 bridgehead atoms. The van der Waals surface area contributed by atoms with Gasteiger partial charge in [0.05, 0.1) is 12.4 Å². The van der Waals surface area contributed by atoms with Crippen LogP contribution in [0.25, 0.3) is 10.9 Å². The van der Waals surface area contributed by atoms with Crippen LogP contribution in [0.1, 0.15) is 69.2 Å². The van der Waals surface area contributed by atoms with Crippen molar-refractivity contribution in [1.82, 2.24) is 57.1 Å². The summed E-state index contributed by atoms with van der Waals surface area (Å²) in [7, 11) is 0. The summed E-state index contributed by atoms with van der Waals surface area (Å²) in [5.41, 5.74) is 13.6. The summed E-state index contributed by atoms with van der Waals surface area (Å²) in [6.45, 7) is 2.80. The second kappa shape index (κ2) is 24.3. The zero-order valence-corrected chi connectivity index (χ0v) is 38.9. The minimum absolute atomic E-state index is 0.0343. The number of hydrogen-bond donors (Lipinski definition) is 11. The number of nitrogens with zero attached hydrogens (tertiary/aromatic N) is 3. The number of amides is 9. The first-order valence-electron chi connectivity index (χ1n) is 23.1. The first-order valence-corrected chi connectivity index (χ1v) is 23.1. The maximum atomic E-state index is 14.6. The molecule has 7 atom stereocenters. The molecule has 2 aliphatic rings. The van der Waals surface area contributed by atoms with E-state index in [-0.39, 0.29) is 82.6 Å². The highest BCUT2D eigenvalue weighted by molar-refractivity contribution is 6.08. The number of hydrogen-bond acceptors (Lipinski definition) is 11. The molecular formula is C47H60N14O9. The number of fused-ring (bicyclic) bond motifs is 3. The van der Waals surface area contributed by atoms with Crippen LogP contribution in [-0.4, -0.2) is 134 Å². The van der Waals surface area contributed by atoms with Crippen molar-refractivity contribution in [3.8, 4) is 0 Å². The van der Waals surface area contributed by atoms with Gasteiger partial charge in [0.2, 0.25) is 35.4 Å². The third-order valence-corrected chi connectivity index (χ3v) is 12.1. The number of imide groups is 1. The Hall–Kier alpha value is -8.11. The van der Waals surface area contributed by atoms with Gasteiger partial charge in [-0.1, -0.05) is 48.5 Å². The van der Waals surface area contributed by atoms with Gasteiger partial charge in [0, 0.05) is 67.8 Å². The molecule has 4 heterocycles. The number of urea groups is 1. The number of H-pyrrole nitrogens is 2. The lowest BCUT2D eigenvalue weighted by molar-refractivity contribution is -0.137. The number of para-hydroxylation sites is 1. The van der Waals surface area contributed by atoms with Gasteiger partial charge < -0.3 is 58.7 Å². The molecule has 372 valence electrons. The fraction of sp³-hybridized carbons (Fsp3) is 0.426. The summed E-state index contributed by atoms with van der Waals surface area (Å²) < 4.78 is 0. The van der Waals surface area contributed by atoms with Crippen LogP contribution in [0.3, 0.4) is 0 Å². The molecule has 2 aromatic heterocycles. The first kappa shape index (κ1) is 51.3. The van der Waals surface area contributed by atoms with Crippen molar-refractivity contribution >= 4 is 70.0 Å². The number of carbonyl (C=O) groups is 9. The van der Waals surface area contributed by atoms with E-state index in [1.165, 1.54) is 26.4 Å². The van der Waals surface area contributed by atoms with E-state index in [4.69, 9.17) is 11.5 Å². The number of benzene rings is 2. The predicted molar refractivity (Wildman–Crippen MR) is 255 cm³/mol. The second-order valence-electron chi connectivity index (χ2n) is 17.3. The van der Waals surface area contributed by atoms with Crippen LogP contribution in [0.4, 0.5) is 4.79 Å². The van der Waals surface area contributed by atoms with Crippen molar-refractivity contribution in [3.63, 3.8) is 0 Å². The van der Waals surface area contributed by atoms with E-state index in [1.54, 1.807) is 36.5 Å². The van der Waals surface area contributed by atoms with Crippen molar-refractivity contribution < 1.29 is 43.2 Å². The number of nitrogens with one attached hydrogen (secondary N) is 9. The Morgan fingerprint density at radius 2 is 1.39 bits per heavy atom. The maximum Gasteiger partial charge on any atom is 0.325 e. The number of guanidine groups is 1. The van der Waals surface area contributed by atoms with Crippen LogP contribution in [-0.2, 0) is 57.6 Å². The summed E-state index contributed by atoms with van der Waals surface area (Å²) in [4.78, 5) is 139. The van der Waals surface area contributed by atoms with Gasteiger partial charge >= 0.3 is 6.03 Å².